The average Bonchev–Trinajstić information content (AvgIpc) is 1.61. The Balaban J connectivity index is 0.000000159. The number of benzene rings is 9. The van der Waals surface area contributed by atoms with Crippen molar-refractivity contribution in [2.75, 3.05) is 0 Å². The molecule has 98 heavy (non-hydrogen) atoms. The second-order valence-electron chi connectivity index (χ2n) is 22.1. The van der Waals surface area contributed by atoms with Crippen molar-refractivity contribution in [3.05, 3.63) is 272 Å². The Morgan fingerprint density at radius 1 is 0.337 bits per heavy atom. The van der Waals surface area contributed by atoms with Gasteiger partial charge in [-0.25, -0.2) is 0 Å². The molecular formula is C78H60O17S3. The van der Waals surface area contributed by atoms with Gasteiger partial charge in [0.05, 0.1) is 25.8 Å². The number of aryl methyl sites for hydroxylation is 6. The van der Waals surface area contributed by atoms with E-state index in [1.165, 1.54) is 52.8 Å². The highest BCUT2D eigenvalue weighted by Gasteiger charge is 2.28. The molecule has 0 radical (unpaired) electrons. The topological polar surface area (TPSA) is 259 Å². The minimum atomic E-state index is -0.282. The zero-order chi connectivity index (χ0) is 69.7. The fraction of sp³-hybridized carbons (Fsp3) is 0.0769. The van der Waals surface area contributed by atoms with Gasteiger partial charge in [0, 0.05) is 52.5 Å². The van der Waals surface area contributed by atoms with Crippen LogP contribution in [0.3, 0.4) is 0 Å². The molecule has 20 heteroatoms. The molecule has 12 rings (SSSR count). The molecule has 0 bridgehead atoms. The van der Waals surface area contributed by atoms with Crippen molar-refractivity contribution in [2.45, 2.75) is 41.5 Å². The molecule has 5 N–H and O–H groups in total. The van der Waals surface area contributed by atoms with Crippen molar-refractivity contribution in [3.63, 3.8) is 0 Å². The van der Waals surface area contributed by atoms with Crippen molar-refractivity contribution in [1.82, 2.24) is 0 Å². The van der Waals surface area contributed by atoms with Gasteiger partial charge in [-0.2, -0.15) is 0 Å². The standard InChI is InChI=1S/2C26H20O6S.C26H20O5S/c2*1-15-11-16(2)23(21(29)12-15)25(30)26-24(20-8-5-18(28)13-22(20)33-26)17-3-6-19(7-4-17)32-10-9-31-14-27;1-16-4-3-5-17(2)23(16)25(29)26-24(21-11-8-19(28)14-22(21)32-26)18-6-9-20(10-7-18)31-13-12-30-15-27/h2*3-14,28-29H,1-2H3;3-15,28H,1-2H3/b2*10-9+;13-12+. The summed E-state index contributed by atoms with van der Waals surface area (Å²) in [6.07, 6.45) is 7.12. The monoisotopic (exact) mass is 1360 g/mol. The molecule has 17 nitrogen and oxygen atoms in total. The van der Waals surface area contributed by atoms with Crippen LogP contribution >= 0.6 is 34.0 Å². The molecule has 0 aliphatic rings. The summed E-state index contributed by atoms with van der Waals surface area (Å²) in [4.78, 5) is 73.0. The molecule has 12 aromatic rings. The lowest BCUT2D eigenvalue weighted by Gasteiger charge is -2.10. The summed E-state index contributed by atoms with van der Waals surface area (Å²) in [5.74, 6) is 1.24. The van der Waals surface area contributed by atoms with Crippen LogP contribution in [0.1, 0.15) is 79.1 Å². The molecule has 0 amide bonds. The maximum absolute atomic E-state index is 13.7. The van der Waals surface area contributed by atoms with E-state index >= 15 is 0 Å². The van der Waals surface area contributed by atoms with E-state index < -0.39 is 0 Å². The van der Waals surface area contributed by atoms with Gasteiger partial charge in [0.2, 0.25) is 17.3 Å². The highest BCUT2D eigenvalue weighted by molar-refractivity contribution is 7.22. The number of rotatable bonds is 21. The summed E-state index contributed by atoms with van der Waals surface area (Å²) in [6.45, 7) is 12.1. The quantitative estimate of drug-likeness (QED) is 0.0194. The number of thiophene rings is 3. The maximum Gasteiger partial charge on any atom is 0.298 e. The molecule has 492 valence electrons. The van der Waals surface area contributed by atoms with Crippen LogP contribution < -0.4 is 14.2 Å². The lowest BCUT2D eigenvalue weighted by Crippen LogP contribution is -2.05. The molecule has 0 fully saturated rings. The molecule has 9 aromatic carbocycles. The number of hydrogen-bond acceptors (Lipinski definition) is 20. The number of hydrogen-bond donors (Lipinski definition) is 5. The van der Waals surface area contributed by atoms with Gasteiger partial charge < -0.3 is 54.0 Å². The SMILES string of the molecule is Cc1cc(C)c(C(=O)c2sc3cc(O)ccc3c2-c2ccc(O/C=C/OC=O)cc2)c(O)c1.Cc1cc(C)c(C(=O)c2sc3cc(O)ccc3c2-c2ccc(O/C=C/OC=O)cc2)c(O)c1.Cc1cccc(C)c1C(=O)c1sc2cc(O)ccc2c1-c1ccc(O/C=C/OC=O)cc1. The number of phenolic OH excluding ortho intramolecular Hbond substituents is 5. The third-order valence-electron chi connectivity index (χ3n) is 15.3. The van der Waals surface area contributed by atoms with E-state index in [1.54, 1.807) is 111 Å². The van der Waals surface area contributed by atoms with Gasteiger partial charge >= 0.3 is 0 Å². The smallest absolute Gasteiger partial charge is 0.298 e. The number of ether oxygens (including phenoxy) is 6. The van der Waals surface area contributed by atoms with Crippen molar-refractivity contribution in [3.8, 4) is 79.4 Å². The predicted molar refractivity (Wildman–Crippen MR) is 379 cm³/mol. The van der Waals surface area contributed by atoms with Gasteiger partial charge in [0.1, 0.15) is 83.6 Å². The Hall–Kier alpha value is -12.1. The summed E-state index contributed by atoms with van der Waals surface area (Å²) in [6, 6.07) is 49.3. The van der Waals surface area contributed by atoms with Crippen LogP contribution in [0, 0.1) is 41.5 Å². The van der Waals surface area contributed by atoms with Crippen LogP contribution in [0.25, 0.3) is 63.6 Å². The van der Waals surface area contributed by atoms with Crippen LogP contribution in [-0.2, 0) is 28.6 Å². The molecule has 0 aliphatic carbocycles. The Morgan fingerprint density at radius 2 is 0.633 bits per heavy atom. The first-order chi connectivity index (χ1) is 47.3. The van der Waals surface area contributed by atoms with Gasteiger partial charge in [0.15, 0.2) is 0 Å². The molecule has 0 atom stereocenters. The first-order valence-electron chi connectivity index (χ1n) is 29.9. The maximum atomic E-state index is 13.7. The van der Waals surface area contributed by atoms with Gasteiger partial charge in [-0.1, -0.05) is 66.7 Å². The van der Waals surface area contributed by atoms with Gasteiger partial charge in [-0.15, -0.1) is 34.0 Å². The molecule has 0 spiro atoms. The number of phenols is 5. The van der Waals surface area contributed by atoms with E-state index in [4.69, 9.17) is 14.2 Å². The van der Waals surface area contributed by atoms with Crippen LogP contribution in [-0.4, -0.2) is 62.3 Å². The largest absolute Gasteiger partial charge is 0.508 e. The number of aromatic hydroxyl groups is 5. The molecule has 0 saturated heterocycles. The molecule has 3 aromatic heterocycles. The number of fused-ring (bicyclic) bond motifs is 3. The lowest BCUT2D eigenvalue weighted by molar-refractivity contribution is -0.124. The van der Waals surface area contributed by atoms with E-state index in [0.717, 1.165) is 93.6 Å². The van der Waals surface area contributed by atoms with Crippen LogP contribution in [0.4, 0.5) is 0 Å². The second-order valence-corrected chi connectivity index (χ2v) is 25.3. The summed E-state index contributed by atoms with van der Waals surface area (Å²) in [5, 5.41) is 53.5. The van der Waals surface area contributed by atoms with E-state index in [1.807, 2.05) is 100 Å². The predicted octanol–water partition coefficient (Wildman–Crippen LogP) is 17.8. The summed E-state index contributed by atoms with van der Waals surface area (Å²) in [5.41, 5.74) is 10.9. The zero-order valence-electron chi connectivity index (χ0n) is 53.2. The third kappa shape index (κ3) is 15.5. The fourth-order valence-corrected chi connectivity index (χ4v) is 14.8. The normalized spacial score (nSPS) is 11.1. The van der Waals surface area contributed by atoms with E-state index in [-0.39, 0.29) is 70.2 Å². The Labute approximate surface area is 573 Å². The van der Waals surface area contributed by atoms with Crippen molar-refractivity contribution in [1.29, 1.82) is 0 Å². The minimum absolute atomic E-state index is 0.0365. The Kier molecular flexibility index (Phi) is 21.7. The average molecular weight is 1370 g/mol. The molecule has 0 aliphatic heterocycles. The zero-order valence-corrected chi connectivity index (χ0v) is 55.7. The van der Waals surface area contributed by atoms with Crippen molar-refractivity contribution in [2.24, 2.45) is 0 Å². The Morgan fingerprint density at radius 3 is 0.918 bits per heavy atom. The molecule has 0 unspecified atom stereocenters. The highest BCUT2D eigenvalue weighted by atomic mass is 32.1. The van der Waals surface area contributed by atoms with E-state index in [2.05, 4.69) is 14.2 Å². The third-order valence-corrected chi connectivity index (χ3v) is 18.8. The van der Waals surface area contributed by atoms with Crippen molar-refractivity contribution >= 4 is 101 Å². The molecular weight excluding hydrogens is 1310 g/mol. The fourth-order valence-electron chi connectivity index (χ4n) is 11.2. The first kappa shape index (κ1) is 68.8. The van der Waals surface area contributed by atoms with Crippen LogP contribution in [0.5, 0.6) is 46.0 Å². The highest BCUT2D eigenvalue weighted by Crippen LogP contribution is 2.46. The summed E-state index contributed by atoms with van der Waals surface area (Å²) >= 11 is 3.91. The Bertz CT molecular complexity index is 4830. The minimum Gasteiger partial charge on any atom is -0.508 e. The summed E-state index contributed by atoms with van der Waals surface area (Å²) in [7, 11) is 0. The van der Waals surface area contributed by atoms with Crippen LogP contribution in [0.15, 0.2) is 207 Å². The number of carbonyl (C=O) groups excluding carboxylic acids is 6. The summed E-state index contributed by atoms with van der Waals surface area (Å²) < 4.78 is 31.8. The van der Waals surface area contributed by atoms with Gasteiger partial charge in [0.25, 0.3) is 19.4 Å². The van der Waals surface area contributed by atoms with Crippen molar-refractivity contribution < 1.29 is 82.7 Å². The van der Waals surface area contributed by atoms with Gasteiger partial charge in [-0.3, -0.25) is 28.8 Å². The lowest BCUT2D eigenvalue weighted by atomic mass is 9.94. The molecule has 3 heterocycles. The van der Waals surface area contributed by atoms with Gasteiger partial charge in [-0.05, 0) is 195 Å². The first-order valence-corrected chi connectivity index (χ1v) is 32.3. The molecule has 0 saturated carbocycles. The van der Waals surface area contributed by atoms with E-state index in [9.17, 15) is 54.3 Å². The van der Waals surface area contributed by atoms with E-state index in [0.29, 0.717) is 66.2 Å². The second kappa shape index (κ2) is 31.0. The number of carbonyl (C=O) groups is 6. The van der Waals surface area contributed by atoms with Crippen LogP contribution in [0.2, 0.25) is 0 Å². The number of ketones is 3.